The quantitative estimate of drug-likeness (QED) is 0.620. The molecule has 21 heavy (non-hydrogen) atoms. The average Bonchev–Trinajstić information content (AvgIpc) is 2.75. The van der Waals surface area contributed by atoms with Crippen molar-refractivity contribution in [3.05, 3.63) is 22.1 Å². The van der Waals surface area contributed by atoms with Crippen LogP contribution in [0.25, 0.3) is 0 Å². The van der Waals surface area contributed by atoms with Gasteiger partial charge in [0.25, 0.3) is 0 Å². The van der Waals surface area contributed by atoms with E-state index in [9.17, 15) is 9.59 Å². The maximum atomic E-state index is 11.8. The molecule has 7 heteroatoms. The number of rotatable bonds is 6. The highest BCUT2D eigenvalue weighted by molar-refractivity contribution is 7.19. The maximum absolute atomic E-state index is 11.8. The number of ether oxygens (including phenoxy) is 2. The highest BCUT2D eigenvalue weighted by Gasteiger charge is 2.26. The first-order valence-corrected chi connectivity index (χ1v) is 7.28. The van der Waals surface area contributed by atoms with Crippen LogP contribution >= 0.6 is 11.3 Å². The number of anilines is 2. The van der Waals surface area contributed by atoms with Gasteiger partial charge in [0.05, 0.1) is 19.4 Å². The number of nitrogens with two attached hydrogens (primary N) is 1. The Balaban J connectivity index is 3.15. The lowest BCUT2D eigenvalue weighted by Crippen LogP contribution is -2.10. The van der Waals surface area contributed by atoms with Crippen molar-refractivity contribution < 1.29 is 19.1 Å². The summed E-state index contributed by atoms with van der Waals surface area (Å²) in [5, 5.41) is 3.57. The monoisotopic (exact) mass is 312 g/mol. The summed E-state index contributed by atoms with van der Waals surface area (Å²) in [5.41, 5.74) is 7.29. The number of allylic oxidation sites excluding steroid dienone is 1. The molecule has 1 rings (SSSR count). The van der Waals surface area contributed by atoms with Crippen LogP contribution < -0.4 is 11.1 Å². The van der Waals surface area contributed by atoms with E-state index in [4.69, 9.17) is 15.2 Å². The summed E-state index contributed by atoms with van der Waals surface area (Å²) in [4.78, 5) is 23.9. The van der Waals surface area contributed by atoms with E-state index >= 15 is 0 Å². The largest absolute Gasteiger partial charge is 0.465 e. The van der Waals surface area contributed by atoms with Gasteiger partial charge in [-0.2, -0.15) is 0 Å². The zero-order valence-corrected chi connectivity index (χ0v) is 13.4. The van der Waals surface area contributed by atoms with Crippen LogP contribution in [0, 0.1) is 0 Å². The molecule has 0 amide bonds. The van der Waals surface area contributed by atoms with E-state index in [1.165, 1.54) is 7.11 Å². The molecule has 0 saturated heterocycles. The molecule has 116 valence electrons. The Morgan fingerprint density at radius 2 is 2.00 bits per heavy atom. The number of nitrogens with one attached hydrogen (secondary N) is 1. The van der Waals surface area contributed by atoms with E-state index in [1.807, 2.05) is 19.9 Å². The molecule has 1 heterocycles. The zero-order chi connectivity index (χ0) is 16.0. The first-order valence-electron chi connectivity index (χ1n) is 6.47. The molecule has 0 fully saturated rings. The van der Waals surface area contributed by atoms with Crippen LogP contribution in [0.1, 0.15) is 40.8 Å². The maximum Gasteiger partial charge on any atom is 0.350 e. The fourth-order valence-electron chi connectivity index (χ4n) is 1.57. The number of methoxy groups -OCH3 is 1. The Hall–Kier alpha value is -2.02. The molecule has 0 radical (unpaired) electrons. The highest BCUT2D eigenvalue weighted by Crippen LogP contribution is 2.36. The number of hydrogen-bond donors (Lipinski definition) is 2. The Bertz CT molecular complexity index is 560. The minimum absolute atomic E-state index is 0.0880. The fourth-order valence-corrected chi connectivity index (χ4v) is 2.58. The predicted molar refractivity (Wildman–Crippen MR) is 83.9 cm³/mol. The van der Waals surface area contributed by atoms with Crippen LogP contribution in [0.5, 0.6) is 0 Å². The van der Waals surface area contributed by atoms with Crippen molar-refractivity contribution in [3.8, 4) is 0 Å². The van der Waals surface area contributed by atoms with Crippen molar-refractivity contribution in [3.63, 3.8) is 0 Å². The lowest BCUT2D eigenvalue weighted by molar-refractivity contribution is 0.0533. The van der Waals surface area contributed by atoms with Crippen LogP contribution in [0.3, 0.4) is 0 Å². The van der Waals surface area contributed by atoms with Crippen LogP contribution in [-0.2, 0) is 9.47 Å². The Morgan fingerprint density at radius 1 is 1.33 bits per heavy atom. The second-order valence-corrected chi connectivity index (χ2v) is 5.44. The summed E-state index contributed by atoms with van der Waals surface area (Å²) < 4.78 is 9.65. The number of carbonyl (C=O) groups excluding carboxylic acids is 2. The summed E-state index contributed by atoms with van der Waals surface area (Å²) >= 11 is 1.09. The van der Waals surface area contributed by atoms with E-state index in [2.05, 4.69) is 5.32 Å². The van der Waals surface area contributed by atoms with Gasteiger partial charge in [0.1, 0.15) is 15.4 Å². The lowest BCUT2D eigenvalue weighted by Gasteiger charge is -2.04. The SMILES string of the molecule is CCOC(=O)c1sc(NCC=C(C)C)c(C(=O)OC)c1N. The summed E-state index contributed by atoms with van der Waals surface area (Å²) in [7, 11) is 1.27. The molecule has 0 spiro atoms. The number of nitrogen functional groups attached to an aromatic ring is 1. The third-order valence-corrected chi connectivity index (χ3v) is 3.71. The minimum Gasteiger partial charge on any atom is -0.465 e. The minimum atomic E-state index is -0.584. The van der Waals surface area contributed by atoms with Gasteiger partial charge >= 0.3 is 11.9 Å². The van der Waals surface area contributed by atoms with Gasteiger partial charge in [-0.25, -0.2) is 9.59 Å². The molecule has 0 aliphatic rings. The molecule has 3 N–H and O–H groups in total. The average molecular weight is 312 g/mol. The van der Waals surface area contributed by atoms with Gasteiger partial charge in [0, 0.05) is 6.54 Å². The van der Waals surface area contributed by atoms with Crippen molar-refractivity contribution >= 4 is 34.0 Å². The number of carbonyl (C=O) groups is 2. The first-order chi connectivity index (χ1) is 9.92. The Kier molecular flexibility index (Phi) is 6.23. The van der Waals surface area contributed by atoms with Crippen LogP contribution in [-0.4, -0.2) is 32.2 Å². The third-order valence-electron chi connectivity index (χ3n) is 2.57. The van der Waals surface area contributed by atoms with Crippen molar-refractivity contribution in [2.45, 2.75) is 20.8 Å². The molecule has 0 saturated carbocycles. The zero-order valence-electron chi connectivity index (χ0n) is 12.6. The standard InChI is InChI=1S/C14H20N2O4S/c1-5-20-14(18)11-10(15)9(13(17)19-4)12(21-11)16-7-6-8(2)3/h6,16H,5,7,15H2,1-4H3. The van der Waals surface area contributed by atoms with Crippen molar-refractivity contribution in [2.24, 2.45) is 0 Å². The summed E-state index contributed by atoms with van der Waals surface area (Å²) in [5.74, 6) is -1.13. The van der Waals surface area contributed by atoms with Gasteiger partial charge in [-0.1, -0.05) is 11.6 Å². The fraction of sp³-hybridized carbons (Fsp3) is 0.429. The summed E-state index contributed by atoms with van der Waals surface area (Å²) in [6, 6.07) is 0. The van der Waals surface area contributed by atoms with Gasteiger partial charge in [0.2, 0.25) is 0 Å². The topological polar surface area (TPSA) is 90.6 Å². The molecular weight excluding hydrogens is 292 g/mol. The molecule has 0 atom stereocenters. The van der Waals surface area contributed by atoms with E-state index in [-0.39, 0.29) is 22.7 Å². The number of hydrogen-bond acceptors (Lipinski definition) is 7. The Morgan fingerprint density at radius 3 is 2.52 bits per heavy atom. The molecule has 6 nitrogen and oxygen atoms in total. The third kappa shape index (κ3) is 4.22. The molecule has 1 aromatic heterocycles. The smallest absolute Gasteiger partial charge is 0.350 e. The van der Waals surface area contributed by atoms with Crippen LogP contribution in [0.15, 0.2) is 11.6 Å². The summed E-state index contributed by atoms with van der Waals surface area (Å²) in [6.45, 7) is 6.40. The Labute approximate surface area is 127 Å². The van der Waals surface area contributed by atoms with E-state index in [0.717, 1.165) is 16.9 Å². The van der Waals surface area contributed by atoms with E-state index < -0.39 is 11.9 Å². The molecular formula is C14H20N2O4S. The van der Waals surface area contributed by atoms with Gasteiger partial charge in [-0.3, -0.25) is 0 Å². The second kappa shape index (κ2) is 7.68. The van der Waals surface area contributed by atoms with Crippen molar-refractivity contribution in [2.75, 3.05) is 31.3 Å². The van der Waals surface area contributed by atoms with Crippen LogP contribution in [0.4, 0.5) is 10.7 Å². The van der Waals surface area contributed by atoms with Gasteiger partial charge in [-0.15, -0.1) is 11.3 Å². The van der Waals surface area contributed by atoms with Gasteiger partial charge in [0.15, 0.2) is 0 Å². The molecule has 0 aliphatic heterocycles. The van der Waals surface area contributed by atoms with Crippen molar-refractivity contribution in [1.82, 2.24) is 0 Å². The molecule has 0 aliphatic carbocycles. The lowest BCUT2D eigenvalue weighted by atomic mass is 10.2. The van der Waals surface area contributed by atoms with Gasteiger partial charge in [-0.05, 0) is 20.8 Å². The van der Waals surface area contributed by atoms with Crippen LogP contribution in [0.2, 0.25) is 0 Å². The molecule has 0 unspecified atom stereocenters. The number of esters is 2. The normalized spacial score (nSPS) is 9.90. The van der Waals surface area contributed by atoms with E-state index in [0.29, 0.717) is 11.5 Å². The highest BCUT2D eigenvalue weighted by atomic mass is 32.1. The number of thiophene rings is 1. The van der Waals surface area contributed by atoms with E-state index in [1.54, 1.807) is 6.92 Å². The molecule has 0 aromatic carbocycles. The van der Waals surface area contributed by atoms with Gasteiger partial charge < -0.3 is 20.5 Å². The van der Waals surface area contributed by atoms with Crippen molar-refractivity contribution in [1.29, 1.82) is 0 Å². The predicted octanol–water partition coefficient (Wildman–Crippen LogP) is 2.67. The first kappa shape index (κ1) is 17.0. The second-order valence-electron chi connectivity index (χ2n) is 4.42. The molecule has 0 bridgehead atoms. The summed E-state index contributed by atoms with van der Waals surface area (Å²) in [6.07, 6.45) is 1.96. The molecule has 1 aromatic rings.